The van der Waals surface area contributed by atoms with Gasteiger partial charge in [-0.1, -0.05) is 80.6 Å². The predicted molar refractivity (Wildman–Crippen MR) is 158 cm³/mol. The number of rotatable bonds is 3. The molecule has 0 radical (unpaired) electrons. The second-order valence-corrected chi connectivity index (χ2v) is 10.9. The Balaban J connectivity index is 1.45. The molecule has 3 aromatic carbocycles. The van der Waals surface area contributed by atoms with Crippen LogP contribution in [0, 0.1) is 0 Å². The number of pyridine rings is 2. The van der Waals surface area contributed by atoms with Gasteiger partial charge in [0.2, 0.25) is 0 Å². The fourth-order valence-electron chi connectivity index (χ4n) is 6.34. The van der Waals surface area contributed by atoms with Crippen LogP contribution >= 0.6 is 0 Å². The van der Waals surface area contributed by atoms with E-state index in [-0.39, 0.29) is 5.41 Å². The van der Waals surface area contributed by atoms with Gasteiger partial charge in [0.15, 0.2) is 17.5 Å². The fraction of sp³-hybridized carbons (Fsp3) is 0.114. The summed E-state index contributed by atoms with van der Waals surface area (Å²) in [5, 5.41) is 0. The maximum absolute atomic E-state index is 5.10. The van der Waals surface area contributed by atoms with E-state index in [4.69, 9.17) is 19.9 Å². The van der Waals surface area contributed by atoms with Crippen LogP contribution in [0.1, 0.15) is 36.2 Å². The smallest absolute Gasteiger partial charge is 0.182 e. The summed E-state index contributed by atoms with van der Waals surface area (Å²) in [6.45, 7) is 4.54. The average Bonchev–Trinajstić information content (AvgIpc) is 3.50. The second kappa shape index (κ2) is 8.48. The molecule has 2 aliphatic carbocycles. The summed E-state index contributed by atoms with van der Waals surface area (Å²) >= 11 is 0. The summed E-state index contributed by atoms with van der Waals surface area (Å²) in [5.41, 5.74) is 12.5. The molecule has 8 rings (SSSR count). The largest absolute Gasteiger partial charge is 0.260 e. The zero-order chi connectivity index (χ0) is 26.8. The molecule has 40 heavy (non-hydrogen) atoms. The van der Waals surface area contributed by atoms with E-state index in [1.807, 2.05) is 60.8 Å². The number of hydrogen-bond donors (Lipinski definition) is 0. The lowest BCUT2D eigenvalue weighted by Gasteiger charge is -2.22. The average molecular weight is 516 g/mol. The zero-order valence-corrected chi connectivity index (χ0v) is 22.3. The monoisotopic (exact) mass is 515 g/mol. The van der Waals surface area contributed by atoms with Crippen molar-refractivity contribution in [3.8, 4) is 56.5 Å². The van der Waals surface area contributed by atoms with Gasteiger partial charge in [-0.2, -0.15) is 0 Å². The van der Waals surface area contributed by atoms with Crippen molar-refractivity contribution in [2.45, 2.75) is 25.7 Å². The van der Waals surface area contributed by atoms with E-state index in [1.54, 1.807) is 6.20 Å². The van der Waals surface area contributed by atoms with Crippen molar-refractivity contribution >= 4 is 0 Å². The summed E-state index contributed by atoms with van der Waals surface area (Å²) in [7, 11) is 0. The number of hydrogen-bond acceptors (Lipinski definition) is 5. The molecule has 3 aromatic heterocycles. The third-order valence-corrected chi connectivity index (χ3v) is 8.23. The standard InChI is InChI=1S/C35H25N5/c1-35(2)27-20-26(25-19-22-13-6-7-14-23(22)29(25)30(27)24-15-10-18-37-31(24)35)33-38-32(21-11-4-3-5-12-21)39-34(40-33)28-16-8-9-17-36-28/h3-18,20H,19H2,1-2H3. The molecular weight excluding hydrogens is 490 g/mol. The Kier molecular flexibility index (Phi) is 4.86. The zero-order valence-electron chi connectivity index (χ0n) is 22.3. The molecule has 0 spiro atoms. The van der Waals surface area contributed by atoms with Crippen molar-refractivity contribution in [2.75, 3.05) is 0 Å². The van der Waals surface area contributed by atoms with E-state index in [2.05, 4.69) is 55.2 Å². The quantitative estimate of drug-likeness (QED) is 0.243. The van der Waals surface area contributed by atoms with Crippen LogP contribution in [0.3, 0.4) is 0 Å². The molecule has 2 aliphatic rings. The predicted octanol–water partition coefficient (Wildman–Crippen LogP) is 7.54. The Hall–Kier alpha value is -5.03. The molecule has 0 bridgehead atoms. The number of fused-ring (bicyclic) bond motifs is 7. The first kappa shape index (κ1) is 22.9. The van der Waals surface area contributed by atoms with Gasteiger partial charge >= 0.3 is 0 Å². The van der Waals surface area contributed by atoms with Gasteiger partial charge in [-0.25, -0.2) is 15.0 Å². The molecule has 5 heteroatoms. The van der Waals surface area contributed by atoms with Crippen molar-refractivity contribution < 1.29 is 0 Å². The first-order valence-electron chi connectivity index (χ1n) is 13.6. The topological polar surface area (TPSA) is 64.5 Å². The van der Waals surface area contributed by atoms with Crippen molar-refractivity contribution in [3.63, 3.8) is 0 Å². The Morgan fingerprint density at radius 1 is 0.600 bits per heavy atom. The second-order valence-electron chi connectivity index (χ2n) is 10.9. The van der Waals surface area contributed by atoms with Gasteiger partial charge in [0, 0.05) is 34.5 Å². The minimum absolute atomic E-state index is 0.258. The maximum Gasteiger partial charge on any atom is 0.182 e. The summed E-state index contributed by atoms with van der Waals surface area (Å²) < 4.78 is 0. The normalized spacial score (nSPS) is 13.8. The molecule has 6 aromatic rings. The number of aromatic nitrogens is 5. The van der Waals surface area contributed by atoms with Crippen LogP contribution in [-0.4, -0.2) is 24.9 Å². The van der Waals surface area contributed by atoms with Gasteiger partial charge in [-0.3, -0.25) is 9.97 Å². The van der Waals surface area contributed by atoms with Crippen LogP contribution in [0.5, 0.6) is 0 Å². The molecule has 3 heterocycles. The molecule has 190 valence electrons. The Labute approximate surface area is 232 Å². The molecule has 0 saturated carbocycles. The van der Waals surface area contributed by atoms with E-state index >= 15 is 0 Å². The highest BCUT2D eigenvalue weighted by Crippen LogP contribution is 2.56. The Bertz CT molecular complexity index is 1890. The van der Waals surface area contributed by atoms with E-state index in [9.17, 15) is 0 Å². The lowest BCUT2D eigenvalue weighted by Crippen LogP contribution is -2.17. The third kappa shape index (κ3) is 3.31. The minimum Gasteiger partial charge on any atom is -0.260 e. The van der Waals surface area contributed by atoms with Crippen molar-refractivity contribution in [1.82, 2.24) is 24.9 Å². The Morgan fingerprint density at radius 3 is 2.17 bits per heavy atom. The fourth-order valence-corrected chi connectivity index (χ4v) is 6.34. The molecule has 5 nitrogen and oxygen atoms in total. The molecule has 0 amide bonds. The highest BCUT2D eigenvalue weighted by molar-refractivity contribution is 5.99. The Morgan fingerprint density at radius 2 is 1.32 bits per heavy atom. The van der Waals surface area contributed by atoms with E-state index in [1.165, 1.54) is 38.9 Å². The van der Waals surface area contributed by atoms with E-state index in [0.717, 1.165) is 28.9 Å². The molecule has 0 fully saturated rings. The highest BCUT2D eigenvalue weighted by atomic mass is 15.0. The van der Waals surface area contributed by atoms with Gasteiger partial charge in [0.1, 0.15) is 5.69 Å². The van der Waals surface area contributed by atoms with Crippen LogP contribution in [0.25, 0.3) is 56.5 Å². The van der Waals surface area contributed by atoms with E-state index < -0.39 is 0 Å². The molecule has 0 aliphatic heterocycles. The van der Waals surface area contributed by atoms with Crippen molar-refractivity contribution in [1.29, 1.82) is 0 Å². The van der Waals surface area contributed by atoms with E-state index in [0.29, 0.717) is 17.5 Å². The molecule has 0 saturated heterocycles. The summed E-state index contributed by atoms with van der Waals surface area (Å²) in [4.78, 5) is 24.5. The summed E-state index contributed by atoms with van der Waals surface area (Å²) in [6.07, 6.45) is 4.51. The SMILES string of the molecule is CC1(C)c2cc(-c3nc(-c4ccccc4)nc(-c4ccccn4)n3)c3c(c2-c2cccnc21)-c1ccccc1C3. The lowest BCUT2D eigenvalue weighted by atomic mass is 9.82. The molecule has 0 atom stereocenters. The van der Waals surface area contributed by atoms with Gasteiger partial charge in [0.25, 0.3) is 0 Å². The van der Waals surface area contributed by atoms with Gasteiger partial charge in [-0.05, 0) is 64.1 Å². The highest BCUT2D eigenvalue weighted by Gasteiger charge is 2.41. The first-order valence-corrected chi connectivity index (χ1v) is 13.6. The summed E-state index contributed by atoms with van der Waals surface area (Å²) in [5.74, 6) is 1.87. The van der Waals surface area contributed by atoms with Crippen LogP contribution < -0.4 is 0 Å². The minimum atomic E-state index is -0.258. The maximum atomic E-state index is 5.10. The van der Waals surface area contributed by atoms with Gasteiger partial charge in [0.05, 0.1) is 5.69 Å². The summed E-state index contributed by atoms with van der Waals surface area (Å²) in [6, 6.07) is 31.2. The van der Waals surface area contributed by atoms with Crippen molar-refractivity contribution in [2.24, 2.45) is 0 Å². The molecular formula is C35H25N5. The molecule has 0 N–H and O–H groups in total. The van der Waals surface area contributed by atoms with Crippen LogP contribution in [0.2, 0.25) is 0 Å². The van der Waals surface area contributed by atoms with Crippen molar-refractivity contribution in [3.05, 3.63) is 126 Å². The van der Waals surface area contributed by atoms with Crippen LogP contribution in [-0.2, 0) is 11.8 Å². The van der Waals surface area contributed by atoms with Crippen LogP contribution in [0.15, 0.2) is 103 Å². The van der Waals surface area contributed by atoms with Gasteiger partial charge in [-0.15, -0.1) is 0 Å². The first-order chi connectivity index (χ1) is 19.6. The number of nitrogens with zero attached hydrogens (tertiary/aromatic N) is 5. The molecule has 0 unspecified atom stereocenters. The van der Waals surface area contributed by atoms with Gasteiger partial charge < -0.3 is 0 Å². The van der Waals surface area contributed by atoms with Crippen LogP contribution in [0.4, 0.5) is 0 Å². The number of benzene rings is 3. The lowest BCUT2D eigenvalue weighted by molar-refractivity contribution is 0.637. The third-order valence-electron chi connectivity index (χ3n) is 8.23.